The van der Waals surface area contributed by atoms with Gasteiger partial charge in [0.25, 0.3) is 0 Å². The van der Waals surface area contributed by atoms with E-state index in [1.165, 1.54) is 0 Å². The number of carbonyl (C=O) groups excluding carboxylic acids is 2. The number of ether oxygens (including phenoxy) is 1. The summed E-state index contributed by atoms with van der Waals surface area (Å²) in [6.45, 7) is 0. The van der Waals surface area contributed by atoms with Crippen LogP contribution in [-0.4, -0.2) is 12.3 Å². The van der Waals surface area contributed by atoms with Gasteiger partial charge in [-0.25, -0.2) is 4.79 Å². The molecule has 2 aromatic rings. The molecule has 0 fully saturated rings. The van der Waals surface area contributed by atoms with E-state index in [1.54, 1.807) is 0 Å². The van der Waals surface area contributed by atoms with Crippen molar-refractivity contribution < 1.29 is 14.3 Å². The van der Waals surface area contributed by atoms with Gasteiger partial charge >= 0.3 is 5.97 Å². The molecule has 0 unspecified atom stereocenters. The van der Waals surface area contributed by atoms with E-state index in [9.17, 15) is 9.59 Å². The number of carbonyl (C=O) groups is 2. The third kappa shape index (κ3) is 3.93. The molecule has 0 radical (unpaired) electrons. The third-order valence-electron chi connectivity index (χ3n) is 2.53. The Morgan fingerprint density at radius 2 is 1.32 bits per heavy atom. The fourth-order valence-electron chi connectivity index (χ4n) is 1.73. The molecule has 2 rings (SSSR count). The first-order chi connectivity index (χ1) is 8.81. The second-order valence-corrected chi connectivity index (χ2v) is 3.76. The van der Waals surface area contributed by atoms with Crippen LogP contribution in [0.1, 0.15) is 17.2 Å². The Labute approximate surface area is 117 Å². The monoisotopic (exact) mass is 276 g/mol. The zero-order chi connectivity index (χ0) is 12.8. The number of esters is 1. The molecule has 0 bridgehead atoms. The lowest BCUT2D eigenvalue weighted by Gasteiger charge is -2.17. The molecule has 0 aliphatic carbocycles. The van der Waals surface area contributed by atoms with Crippen LogP contribution >= 0.6 is 12.4 Å². The second-order valence-electron chi connectivity index (χ2n) is 3.76. The van der Waals surface area contributed by atoms with Gasteiger partial charge in [0.1, 0.15) is 0 Å². The first-order valence-electron chi connectivity index (χ1n) is 5.57. The minimum absolute atomic E-state index is 0. The van der Waals surface area contributed by atoms with Gasteiger partial charge in [-0.2, -0.15) is 0 Å². The van der Waals surface area contributed by atoms with Gasteiger partial charge in [0.15, 0.2) is 6.10 Å². The van der Waals surface area contributed by atoms with Crippen molar-refractivity contribution in [3.05, 3.63) is 71.8 Å². The molecule has 0 aliphatic heterocycles. The SMILES string of the molecule is Cl.O=CC(=O)OC(c1ccccc1)c1ccccc1. The summed E-state index contributed by atoms with van der Waals surface area (Å²) in [6.07, 6.45) is -0.371. The maximum atomic E-state index is 11.2. The molecule has 0 amide bonds. The van der Waals surface area contributed by atoms with E-state index in [0.717, 1.165) is 11.1 Å². The summed E-state index contributed by atoms with van der Waals surface area (Å²) in [7, 11) is 0. The molecular formula is C15H13ClO3. The van der Waals surface area contributed by atoms with Gasteiger partial charge in [-0.15, -0.1) is 12.4 Å². The highest BCUT2D eigenvalue weighted by molar-refractivity contribution is 6.20. The summed E-state index contributed by atoms with van der Waals surface area (Å²) in [5.41, 5.74) is 1.66. The Bertz CT molecular complexity index is 486. The van der Waals surface area contributed by atoms with Crippen molar-refractivity contribution in [3.8, 4) is 0 Å². The highest BCUT2D eigenvalue weighted by atomic mass is 35.5. The van der Waals surface area contributed by atoms with Crippen LogP contribution in [-0.2, 0) is 14.3 Å². The van der Waals surface area contributed by atoms with Gasteiger partial charge in [0.2, 0.25) is 6.29 Å². The van der Waals surface area contributed by atoms with Crippen LogP contribution in [0.15, 0.2) is 60.7 Å². The van der Waals surface area contributed by atoms with Crippen molar-refractivity contribution in [2.24, 2.45) is 0 Å². The molecule has 0 heterocycles. The van der Waals surface area contributed by atoms with E-state index in [4.69, 9.17) is 4.74 Å². The van der Waals surface area contributed by atoms with Crippen molar-refractivity contribution in [1.82, 2.24) is 0 Å². The average Bonchev–Trinajstić information content (AvgIpc) is 2.46. The van der Waals surface area contributed by atoms with Crippen LogP contribution in [0, 0.1) is 0 Å². The second kappa shape index (κ2) is 7.34. The van der Waals surface area contributed by atoms with Crippen LogP contribution in [0.5, 0.6) is 0 Å². The zero-order valence-corrected chi connectivity index (χ0v) is 10.9. The van der Waals surface area contributed by atoms with E-state index in [0.29, 0.717) is 0 Å². The Balaban J connectivity index is 0.00000180. The maximum Gasteiger partial charge on any atom is 0.372 e. The first kappa shape index (κ1) is 14.9. The number of halogens is 1. The standard InChI is InChI=1S/C15H12O3.ClH/c16-11-14(17)18-15(12-7-3-1-4-8-12)13-9-5-2-6-10-13;/h1-11,15H;1H. The van der Waals surface area contributed by atoms with Crippen LogP contribution in [0.3, 0.4) is 0 Å². The molecule has 98 valence electrons. The van der Waals surface area contributed by atoms with Gasteiger partial charge in [-0.05, 0) is 11.1 Å². The quantitative estimate of drug-likeness (QED) is 0.490. The van der Waals surface area contributed by atoms with Crippen molar-refractivity contribution in [2.45, 2.75) is 6.10 Å². The van der Waals surface area contributed by atoms with Crippen molar-refractivity contribution in [3.63, 3.8) is 0 Å². The zero-order valence-electron chi connectivity index (χ0n) is 10.1. The van der Waals surface area contributed by atoms with Gasteiger partial charge in [-0.3, -0.25) is 4.79 Å². The summed E-state index contributed by atoms with van der Waals surface area (Å²) < 4.78 is 5.16. The minimum atomic E-state index is -0.868. The van der Waals surface area contributed by atoms with Crippen LogP contribution < -0.4 is 0 Å². The largest absolute Gasteiger partial charge is 0.447 e. The average molecular weight is 277 g/mol. The number of hydrogen-bond acceptors (Lipinski definition) is 3. The molecule has 0 aliphatic rings. The molecule has 4 heteroatoms. The Morgan fingerprint density at radius 1 is 0.895 bits per heavy atom. The Kier molecular flexibility index (Phi) is 5.76. The molecule has 0 aromatic heterocycles. The molecule has 19 heavy (non-hydrogen) atoms. The highest BCUT2D eigenvalue weighted by Gasteiger charge is 2.17. The fourth-order valence-corrected chi connectivity index (χ4v) is 1.73. The van der Waals surface area contributed by atoms with E-state index in [2.05, 4.69) is 0 Å². The molecule has 0 atom stereocenters. The molecule has 0 saturated heterocycles. The van der Waals surface area contributed by atoms with Crippen LogP contribution in [0.2, 0.25) is 0 Å². The predicted molar refractivity (Wildman–Crippen MR) is 74.1 cm³/mol. The van der Waals surface area contributed by atoms with Crippen molar-refractivity contribution in [1.29, 1.82) is 0 Å². The first-order valence-corrected chi connectivity index (χ1v) is 5.57. The summed E-state index contributed by atoms with van der Waals surface area (Å²) in [4.78, 5) is 21.6. The number of benzene rings is 2. The molecule has 0 spiro atoms. The highest BCUT2D eigenvalue weighted by Crippen LogP contribution is 2.25. The van der Waals surface area contributed by atoms with E-state index >= 15 is 0 Å². The lowest BCUT2D eigenvalue weighted by molar-refractivity contribution is -0.151. The maximum absolute atomic E-state index is 11.2. The van der Waals surface area contributed by atoms with Gasteiger partial charge in [0.05, 0.1) is 0 Å². The number of aldehydes is 1. The normalized spacial score (nSPS) is 9.53. The topological polar surface area (TPSA) is 43.4 Å². The summed E-state index contributed by atoms with van der Waals surface area (Å²) in [5.74, 6) is -0.868. The van der Waals surface area contributed by atoms with E-state index in [-0.39, 0.29) is 18.7 Å². The minimum Gasteiger partial charge on any atom is -0.447 e. The van der Waals surface area contributed by atoms with Gasteiger partial charge < -0.3 is 4.74 Å². The van der Waals surface area contributed by atoms with Crippen molar-refractivity contribution in [2.75, 3.05) is 0 Å². The fraction of sp³-hybridized carbons (Fsp3) is 0.0667. The summed E-state index contributed by atoms with van der Waals surface area (Å²) in [5, 5.41) is 0. The lowest BCUT2D eigenvalue weighted by atomic mass is 10.0. The summed E-state index contributed by atoms with van der Waals surface area (Å²) in [6, 6.07) is 18.6. The molecule has 3 nitrogen and oxygen atoms in total. The van der Waals surface area contributed by atoms with Crippen LogP contribution in [0.4, 0.5) is 0 Å². The van der Waals surface area contributed by atoms with Crippen LogP contribution in [0.25, 0.3) is 0 Å². The summed E-state index contributed by atoms with van der Waals surface area (Å²) >= 11 is 0. The number of hydrogen-bond donors (Lipinski definition) is 0. The van der Waals surface area contributed by atoms with E-state index in [1.807, 2.05) is 60.7 Å². The molecular weight excluding hydrogens is 264 g/mol. The smallest absolute Gasteiger partial charge is 0.372 e. The van der Waals surface area contributed by atoms with Gasteiger partial charge in [-0.1, -0.05) is 60.7 Å². The number of rotatable bonds is 4. The third-order valence-corrected chi connectivity index (χ3v) is 2.53. The molecule has 2 aromatic carbocycles. The van der Waals surface area contributed by atoms with Crippen molar-refractivity contribution >= 4 is 24.7 Å². The van der Waals surface area contributed by atoms with E-state index < -0.39 is 12.1 Å². The molecule has 0 N–H and O–H groups in total. The Morgan fingerprint density at radius 3 is 1.68 bits per heavy atom. The Hall–Kier alpha value is -2.13. The molecule has 0 saturated carbocycles. The predicted octanol–water partition coefficient (Wildman–Crippen LogP) is 2.94. The lowest BCUT2D eigenvalue weighted by Crippen LogP contribution is -2.13. The van der Waals surface area contributed by atoms with Gasteiger partial charge in [0, 0.05) is 0 Å².